The summed E-state index contributed by atoms with van der Waals surface area (Å²) in [6.45, 7) is -2.07. The van der Waals surface area contributed by atoms with Crippen molar-refractivity contribution < 1.29 is 128 Å². The van der Waals surface area contributed by atoms with E-state index >= 15 is 0 Å². The number of nitrogens with two attached hydrogens (primary N) is 12. The third kappa shape index (κ3) is 16.6. The maximum absolute atomic E-state index is 13.7. The SMILES string of the molecule is NCC1O[C@H](OC2C(N)C[C@@H](N)C(O)[C@H]2O[C@@H]2O[C@H](CNC(=O)Nc3cccc(NC(=O)NC[C@H]4O[C@@H](OC5C(O[C@@H]6OC(CN)C(O)[C@H](O)C6N)C(N)C[C@H](N)[C@@H]5O)C(O)C4O[C@@H]4O[C@H](CN)C(O)C(O)C4N)c3)[C@H](O[C@H]3O[C@@H](CN)C(O)C(O)C3N)C2O)C(N)[C@@H](O)C1O. The highest BCUT2D eigenvalue weighted by Crippen LogP contribution is 2.38. The number of urea groups is 2. The van der Waals surface area contributed by atoms with Gasteiger partial charge in [-0.25, -0.2) is 9.59 Å². The zero-order valence-corrected chi connectivity index (χ0v) is 51.9. The van der Waals surface area contributed by atoms with Crippen LogP contribution in [0.3, 0.4) is 0 Å². The first-order chi connectivity index (χ1) is 45.5. The summed E-state index contributed by atoms with van der Waals surface area (Å²) < 4.78 is 72.5. The van der Waals surface area contributed by atoms with Gasteiger partial charge < -0.3 is 208 Å². The topological polar surface area (TPSA) is 748 Å². The van der Waals surface area contributed by atoms with Crippen molar-refractivity contribution in [1.29, 1.82) is 0 Å². The largest absolute Gasteiger partial charge is 0.389 e. The van der Waals surface area contributed by atoms with E-state index in [1.165, 1.54) is 24.3 Å². The first-order valence-electron chi connectivity index (χ1n) is 31.6. The van der Waals surface area contributed by atoms with Crippen LogP contribution in [0.2, 0.25) is 0 Å². The van der Waals surface area contributed by atoms with E-state index in [0.29, 0.717) is 0 Å². The second-order valence-corrected chi connectivity index (χ2v) is 25.4. The monoisotopic (exact) mass is 1390 g/mol. The van der Waals surface area contributed by atoms with E-state index in [2.05, 4.69) is 21.3 Å². The number of benzene rings is 1. The Morgan fingerprint density at radius 1 is 0.354 bits per heavy atom. The number of carbonyl (C=O) groups is 2. The molecule has 0 spiro atoms. The third-order valence-electron chi connectivity index (χ3n) is 18.7. The van der Waals surface area contributed by atoms with E-state index in [1.807, 2.05) is 0 Å². The Kier molecular flexibility index (Phi) is 26.3. The van der Waals surface area contributed by atoms with Crippen molar-refractivity contribution in [3.63, 3.8) is 0 Å². The molecule has 2 saturated carbocycles. The van der Waals surface area contributed by atoms with Crippen LogP contribution in [0.1, 0.15) is 12.8 Å². The molecule has 2 aliphatic carbocycles. The van der Waals surface area contributed by atoms with Crippen LogP contribution in [-0.2, 0) is 56.8 Å². The maximum atomic E-state index is 13.7. The number of carbonyl (C=O) groups excluding carboxylic acids is 2. The van der Waals surface area contributed by atoms with Gasteiger partial charge in [0.15, 0.2) is 37.7 Å². The minimum absolute atomic E-state index is 0.0319. The van der Waals surface area contributed by atoms with Crippen molar-refractivity contribution in [1.82, 2.24) is 10.6 Å². The Morgan fingerprint density at radius 2 is 0.625 bits per heavy atom. The number of aliphatic hydroxyl groups excluding tert-OH is 12. The quantitative estimate of drug-likeness (QED) is 0.0513. The van der Waals surface area contributed by atoms with E-state index in [9.17, 15) is 70.9 Å². The molecular weight excluding hydrogens is 1290 g/mol. The summed E-state index contributed by atoms with van der Waals surface area (Å²) in [5, 5.41) is 142. The molecule has 96 heavy (non-hydrogen) atoms. The molecular formula is C54H98N16O26. The average molecular weight is 1390 g/mol. The number of hydrogen-bond acceptors (Lipinski definition) is 38. The smallest absolute Gasteiger partial charge is 0.319 e. The molecule has 6 heterocycles. The van der Waals surface area contributed by atoms with Gasteiger partial charge in [0.05, 0.1) is 36.4 Å². The Hall–Kier alpha value is -3.68. The minimum Gasteiger partial charge on any atom is -0.389 e. The zero-order chi connectivity index (χ0) is 70.0. The molecule has 550 valence electrons. The van der Waals surface area contributed by atoms with Gasteiger partial charge in [-0.05, 0) is 31.0 Å². The van der Waals surface area contributed by atoms with Crippen LogP contribution in [0.5, 0.6) is 0 Å². The van der Waals surface area contributed by atoms with E-state index < -0.39 is 258 Å². The van der Waals surface area contributed by atoms with Crippen LogP contribution in [0.4, 0.5) is 21.0 Å². The van der Waals surface area contributed by atoms with Crippen molar-refractivity contribution in [2.75, 3.05) is 49.9 Å². The molecule has 1 aromatic rings. The fraction of sp³-hybridized carbons (Fsp3) is 0.852. The van der Waals surface area contributed by atoms with Crippen molar-refractivity contribution in [2.45, 2.75) is 245 Å². The summed E-state index contributed by atoms with van der Waals surface area (Å²) in [6, 6.07) is -5.69. The molecule has 1 aromatic carbocycles. The van der Waals surface area contributed by atoms with Crippen molar-refractivity contribution in [3.8, 4) is 0 Å². The van der Waals surface area contributed by atoms with E-state index in [-0.39, 0.29) is 50.4 Å². The van der Waals surface area contributed by atoms with Gasteiger partial charge in [0.2, 0.25) is 0 Å². The number of hydrogen-bond donors (Lipinski definition) is 28. The Balaban J connectivity index is 0.863. The average Bonchev–Trinajstić information content (AvgIpc) is 1.16. The Labute approximate surface area is 548 Å². The molecule has 9 rings (SSSR count). The molecule has 21 unspecified atom stereocenters. The molecule has 0 radical (unpaired) electrons. The molecule has 38 atom stereocenters. The van der Waals surface area contributed by atoms with E-state index in [0.717, 1.165) is 0 Å². The zero-order valence-electron chi connectivity index (χ0n) is 51.9. The standard InChI is InChI=1S/C54H98N16O26/c55-7-19-31(73)35(77)25(63)47(85-19)91-41-17(61)5-15(59)29(71)45(41)95-51-39(81)43(93-49-27(65)37(79)33(75)21(9-57)87-49)23(89-51)11-67-53(83)69-13-2-1-3-14(4-13)70-54(84)68-12-24-44(94-50-28(66)38(80)34(76)22(10-58)88-50)40(82)52(90-24)96-46-30(72)16(60)6-18(62)42(46)92-48-26(64)36(78)32(74)20(8-56)86-48/h1-4,15-52,71-82H,5-12,55-66H2,(H2,67,69,83)(H2,68,70,84)/t15-,16+,17?,18?,19?,20?,21+,22-,23-,24-,25?,26?,27?,28?,29?,30+,31?,32?,33?,34?,35-,36-,37?,38?,39?,40?,41?,42?,43+,44?,45-,46?,47-,48+,49-,50+,51+,52+/m1/s1. The van der Waals surface area contributed by atoms with Crippen molar-refractivity contribution in [3.05, 3.63) is 24.3 Å². The molecule has 0 aromatic heterocycles. The predicted octanol–water partition coefficient (Wildman–Crippen LogP) is -15.8. The summed E-state index contributed by atoms with van der Waals surface area (Å²) in [5.74, 6) is 0. The van der Waals surface area contributed by atoms with Gasteiger partial charge in [-0.1, -0.05) is 6.07 Å². The predicted molar refractivity (Wildman–Crippen MR) is 323 cm³/mol. The number of nitrogens with one attached hydrogen (secondary N) is 4. The number of rotatable bonds is 22. The molecule has 6 aliphatic heterocycles. The van der Waals surface area contributed by atoms with Crippen LogP contribution in [0.15, 0.2) is 24.3 Å². The van der Waals surface area contributed by atoms with Gasteiger partial charge in [-0.2, -0.15) is 0 Å². The second kappa shape index (κ2) is 33.0. The first kappa shape index (κ1) is 76.5. The summed E-state index contributed by atoms with van der Waals surface area (Å²) >= 11 is 0. The third-order valence-corrected chi connectivity index (χ3v) is 18.7. The molecule has 0 bridgehead atoms. The lowest BCUT2D eigenvalue weighted by Gasteiger charge is -2.47. The summed E-state index contributed by atoms with van der Waals surface area (Å²) in [4.78, 5) is 27.4. The lowest BCUT2D eigenvalue weighted by Crippen LogP contribution is -2.68. The summed E-state index contributed by atoms with van der Waals surface area (Å²) in [5.41, 5.74) is 73.8. The van der Waals surface area contributed by atoms with Gasteiger partial charge in [-0.3, -0.25) is 0 Å². The lowest BCUT2D eigenvalue weighted by molar-refractivity contribution is -0.306. The van der Waals surface area contributed by atoms with Gasteiger partial charge in [0.25, 0.3) is 0 Å². The molecule has 4 amide bonds. The molecule has 8 fully saturated rings. The fourth-order valence-electron chi connectivity index (χ4n) is 12.9. The number of aliphatic hydroxyl groups is 12. The molecule has 6 saturated heterocycles. The van der Waals surface area contributed by atoms with Crippen LogP contribution in [-0.4, -0.2) is 345 Å². The fourth-order valence-corrected chi connectivity index (χ4v) is 12.9. The van der Waals surface area contributed by atoms with Crippen LogP contribution in [0.25, 0.3) is 0 Å². The number of ether oxygens (including phenoxy) is 12. The number of anilines is 2. The van der Waals surface area contributed by atoms with Gasteiger partial charge in [0, 0.05) is 74.8 Å². The molecule has 8 aliphatic rings. The highest BCUT2D eigenvalue weighted by molar-refractivity contribution is 5.92. The molecule has 40 N–H and O–H groups in total. The second-order valence-electron chi connectivity index (χ2n) is 25.4. The van der Waals surface area contributed by atoms with Gasteiger partial charge in [0.1, 0.15) is 134 Å². The van der Waals surface area contributed by atoms with Crippen LogP contribution >= 0.6 is 0 Å². The highest BCUT2D eigenvalue weighted by atomic mass is 16.8. The Morgan fingerprint density at radius 3 is 0.917 bits per heavy atom. The number of amides is 4. The normalized spacial score (nSPS) is 48.5. The summed E-state index contributed by atoms with van der Waals surface area (Å²) in [7, 11) is 0. The van der Waals surface area contributed by atoms with Crippen LogP contribution < -0.4 is 90.1 Å². The highest BCUT2D eigenvalue weighted by Gasteiger charge is 2.58. The van der Waals surface area contributed by atoms with Crippen molar-refractivity contribution >= 4 is 23.4 Å². The molecule has 42 heteroatoms. The van der Waals surface area contributed by atoms with Gasteiger partial charge in [-0.15, -0.1) is 0 Å². The Bertz CT molecular complexity index is 2490. The maximum Gasteiger partial charge on any atom is 0.319 e. The van der Waals surface area contributed by atoms with E-state index in [4.69, 9.17) is 126 Å². The van der Waals surface area contributed by atoms with Gasteiger partial charge >= 0.3 is 12.1 Å². The first-order valence-corrected chi connectivity index (χ1v) is 31.6. The van der Waals surface area contributed by atoms with Crippen LogP contribution in [0, 0.1) is 0 Å². The molecule has 42 nitrogen and oxygen atoms in total. The summed E-state index contributed by atoms with van der Waals surface area (Å²) in [6.07, 6.45) is -45.1. The van der Waals surface area contributed by atoms with E-state index in [1.54, 1.807) is 0 Å². The van der Waals surface area contributed by atoms with Crippen molar-refractivity contribution in [2.24, 2.45) is 68.8 Å². The lowest BCUT2D eigenvalue weighted by atomic mass is 9.84. The minimum atomic E-state index is -1.83.